The highest BCUT2D eigenvalue weighted by atomic mass is 16.5. The molecule has 0 spiro atoms. The number of carbonyl (C=O) groups is 1. The van der Waals surface area contributed by atoms with Crippen LogP contribution >= 0.6 is 0 Å². The van der Waals surface area contributed by atoms with Crippen LogP contribution in [0.3, 0.4) is 0 Å². The van der Waals surface area contributed by atoms with Gasteiger partial charge >= 0.3 is 0 Å². The van der Waals surface area contributed by atoms with Gasteiger partial charge in [0.1, 0.15) is 12.4 Å². The van der Waals surface area contributed by atoms with Crippen molar-refractivity contribution in [2.24, 2.45) is 0 Å². The number of nitrogen functional groups attached to an aromatic ring is 1. The third-order valence-corrected chi connectivity index (χ3v) is 2.47. The molecule has 0 unspecified atom stereocenters. The third kappa shape index (κ3) is 2.91. The van der Waals surface area contributed by atoms with E-state index in [9.17, 15) is 4.79 Å². The van der Waals surface area contributed by atoms with Gasteiger partial charge in [0, 0.05) is 11.7 Å². The summed E-state index contributed by atoms with van der Waals surface area (Å²) in [6.45, 7) is 0.133. The predicted molar refractivity (Wildman–Crippen MR) is 65.7 cm³/mol. The lowest BCUT2D eigenvalue weighted by atomic mass is 10.1. The van der Waals surface area contributed by atoms with Gasteiger partial charge in [-0.3, -0.25) is 4.79 Å². The van der Waals surface area contributed by atoms with Gasteiger partial charge in [-0.25, -0.2) is 0 Å². The summed E-state index contributed by atoms with van der Waals surface area (Å²) in [4.78, 5) is 11.9. The molecule has 1 amide bonds. The Bertz CT molecular complexity index is 473. The Morgan fingerprint density at radius 2 is 2.35 bits per heavy atom. The van der Waals surface area contributed by atoms with E-state index >= 15 is 0 Å². The van der Waals surface area contributed by atoms with Gasteiger partial charge < -0.3 is 15.8 Å². The largest absolute Gasteiger partial charge is 0.480 e. The molecule has 0 aromatic heterocycles. The van der Waals surface area contributed by atoms with Crippen molar-refractivity contribution in [1.29, 1.82) is 0 Å². The topological polar surface area (TPSA) is 64.3 Å². The number of rotatable bonds is 4. The van der Waals surface area contributed by atoms with Crippen molar-refractivity contribution in [3.63, 3.8) is 0 Å². The number of anilines is 1. The molecule has 1 fully saturated rings. The summed E-state index contributed by atoms with van der Waals surface area (Å²) in [6, 6.07) is 5.24. The average molecular weight is 230 g/mol. The second kappa shape index (κ2) is 4.79. The van der Waals surface area contributed by atoms with Crippen LogP contribution in [0.5, 0.6) is 5.75 Å². The minimum absolute atomic E-state index is 0.133. The Labute approximate surface area is 100 Å². The van der Waals surface area contributed by atoms with Gasteiger partial charge in [0.25, 0.3) is 5.91 Å². The summed E-state index contributed by atoms with van der Waals surface area (Å²) in [5.74, 6) is 2.67. The Morgan fingerprint density at radius 1 is 1.59 bits per heavy atom. The molecule has 2 rings (SSSR count). The number of carbonyl (C=O) groups excluding carboxylic acids is 1. The summed E-state index contributed by atoms with van der Waals surface area (Å²) in [5.41, 5.74) is 6.63. The van der Waals surface area contributed by atoms with Crippen molar-refractivity contribution in [1.82, 2.24) is 5.32 Å². The maximum atomic E-state index is 11.9. The molecule has 1 aliphatic carbocycles. The van der Waals surface area contributed by atoms with Gasteiger partial charge in [-0.1, -0.05) is 5.92 Å². The van der Waals surface area contributed by atoms with Gasteiger partial charge in [-0.15, -0.1) is 6.42 Å². The van der Waals surface area contributed by atoms with Crippen LogP contribution in [0.4, 0.5) is 5.69 Å². The van der Waals surface area contributed by atoms with Crippen molar-refractivity contribution < 1.29 is 9.53 Å². The van der Waals surface area contributed by atoms with E-state index < -0.39 is 0 Å². The molecule has 0 atom stereocenters. The zero-order chi connectivity index (χ0) is 12.3. The second-order valence-corrected chi connectivity index (χ2v) is 4.00. The molecule has 0 aliphatic heterocycles. The van der Waals surface area contributed by atoms with E-state index in [2.05, 4.69) is 11.2 Å². The number of nitrogens with two attached hydrogens (primary N) is 1. The molecule has 0 radical (unpaired) electrons. The summed E-state index contributed by atoms with van der Waals surface area (Å²) in [7, 11) is 0. The number of terminal acetylenes is 1. The highest BCUT2D eigenvalue weighted by molar-refractivity contribution is 5.98. The van der Waals surface area contributed by atoms with Crippen LogP contribution in [0.25, 0.3) is 0 Å². The number of benzene rings is 1. The lowest BCUT2D eigenvalue weighted by Crippen LogP contribution is -2.26. The van der Waals surface area contributed by atoms with Crippen molar-refractivity contribution >= 4 is 11.6 Å². The minimum atomic E-state index is -0.160. The second-order valence-electron chi connectivity index (χ2n) is 4.00. The first-order valence-electron chi connectivity index (χ1n) is 5.47. The van der Waals surface area contributed by atoms with E-state index in [-0.39, 0.29) is 12.5 Å². The Kier molecular flexibility index (Phi) is 3.20. The number of amides is 1. The van der Waals surface area contributed by atoms with Crippen molar-refractivity contribution in [2.75, 3.05) is 12.3 Å². The molecule has 88 valence electrons. The zero-order valence-electron chi connectivity index (χ0n) is 9.40. The highest BCUT2D eigenvalue weighted by Crippen LogP contribution is 2.24. The Balaban J connectivity index is 2.19. The van der Waals surface area contributed by atoms with Crippen molar-refractivity contribution in [2.45, 2.75) is 18.9 Å². The van der Waals surface area contributed by atoms with Gasteiger partial charge in [-0.05, 0) is 31.0 Å². The molecule has 1 aromatic carbocycles. The fourth-order valence-corrected chi connectivity index (χ4v) is 1.46. The molecule has 4 heteroatoms. The first-order chi connectivity index (χ1) is 8.20. The molecule has 1 aromatic rings. The van der Waals surface area contributed by atoms with Gasteiger partial charge in [0.2, 0.25) is 0 Å². The molecule has 3 N–H and O–H groups in total. The molecular weight excluding hydrogens is 216 g/mol. The highest BCUT2D eigenvalue weighted by Gasteiger charge is 2.25. The monoisotopic (exact) mass is 230 g/mol. The van der Waals surface area contributed by atoms with Crippen LogP contribution in [0.1, 0.15) is 23.2 Å². The number of hydrogen-bond acceptors (Lipinski definition) is 3. The normalized spacial score (nSPS) is 13.8. The minimum Gasteiger partial charge on any atom is -0.480 e. The molecule has 0 heterocycles. The van der Waals surface area contributed by atoms with E-state index in [1.54, 1.807) is 18.2 Å². The lowest BCUT2D eigenvalue weighted by Gasteiger charge is -2.10. The van der Waals surface area contributed by atoms with E-state index in [1.165, 1.54) is 0 Å². The first-order valence-corrected chi connectivity index (χ1v) is 5.47. The first kappa shape index (κ1) is 11.3. The van der Waals surface area contributed by atoms with Crippen LogP contribution < -0.4 is 15.8 Å². The third-order valence-electron chi connectivity index (χ3n) is 2.47. The summed E-state index contributed by atoms with van der Waals surface area (Å²) in [6.07, 6.45) is 7.20. The quantitative estimate of drug-likeness (QED) is 0.603. The smallest absolute Gasteiger partial charge is 0.255 e. The van der Waals surface area contributed by atoms with Gasteiger partial charge in [-0.2, -0.15) is 0 Å². The zero-order valence-corrected chi connectivity index (χ0v) is 9.40. The fourth-order valence-electron chi connectivity index (χ4n) is 1.46. The van der Waals surface area contributed by atoms with Crippen LogP contribution in [0, 0.1) is 12.3 Å². The Morgan fingerprint density at radius 3 is 3.00 bits per heavy atom. The lowest BCUT2D eigenvalue weighted by molar-refractivity contribution is 0.0947. The fraction of sp³-hybridized carbons (Fsp3) is 0.308. The van der Waals surface area contributed by atoms with Gasteiger partial charge in [0.15, 0.2) is 0 Å². The number of nitrogens with one attached hydrogen (secondary N) is 1. The summed E-state index contributed by atoms with van der Waals surface area (Å²) < 4.78 is 5.31. The van der Waals surface area contributed by atoms with Crippen LogP contribution in [0.2, 0.25) is 0 Å². The molecule has 0 saturated heterocycles. The Hall–Kier alpha value is -2.15. The average Bonchev–Trinajstić information content (AvgIpc) is 3.11. The standard InChI is InChI=1S/C13H14N2O2/c1-2-7-17-12-6-3-9(14)8-11(12)13(16)15-10-4-5-10/h1,3,6,8,10H,4-5,7,14H2,(H,15,16). The van der Waals surface area contributed by atoms with Crippen LogP contribution in [0.15, 0.2) is 18.2 Å². The van der Waals surface area contributed by atoms with Crippen LogP contribution in [-0.4, -0.2) is 18.6 Å². The van der Waals surface area contributed by atoms with E-state index in [0.29, 0.717) is 23.0 Å². The SMILES string of the molecule is C#CCOc1ccc(N)cc1C(=O)NC1CC1. The van der Waals surface area contributed by atoms with Gasteiger partial charge in [0.05, 0.1) is 5.56 Å². The van der Waals surface area contributed by atoms with E-state index in [4.69, 9.17) is 16.9 Å². The van der Waals surface area contributed by atoms with E-state index in [1.807, 2.05) is 0 Å². The number of hydrogen-bond donors (Lipinski definition) is 2. The predicted octanol–water partition coefficient (Wildman–Crippen LogP) is 1.17. The van der Waals surface area contributed by atoms with E-state index in [0.717, 1.165) is 12.8 Å². The van der Waals surface area contributed by atoms with Crippen molar-refractivity contribution in [3.8, 4) is 18.1 Å². The number of ether oxygens (including phenoxy) is 1. The molecule has 0 bridgehead atoms. The maximum Gasteiger partial charge on any atom is 0.255 e. The summed E-state index contributed by atoms with van der Waals surface area (Å²) >= 11 is 0. The molecular formula is C13H14N2O2. The molecule has 4 nitrogen and oxygen atoms in total. The summed E-state index contributed by atoms with van der Waals surface area (Å²) in [5, 5.41) is 2.89. The molecule has 1 saturated carbocycles. The van der Waals surface area contributed by atoms with Crippen molar-refractivity contribution in [3.05, 3.63) is 23.8 Å². The molecule has 17 heavy (non-hydrogen) atoms. The maximum absolute atomic E-state index is 11.9. The molecule has 1 aliphatic rings. The van der Waals surface area contributed by atoms with Crippen LogP contribution in [-0.2, 0) is 0 Å².